The van der Waals surface area contributed by atoms with Gasteiger partial charge in [-0.05, 0) is 6.26 Å². The highest BCUT2D eigenvalue weighted by Crippen LogP contribution is 2.07. The monoisotopic (exact) mass is 214 g/mol. The maximum Gasteiger partial charge on any atom is 0.325 e. The van der Waals surface area contributed by atoms with Crippen LogP contribution >= 0.6 is 11.8 Å². The summed E-state index contributed by atoms with van der Waals surface area (Å²) in [4.78, 5) is 26.3. The molecular formula is C8H10N2O3S. The fraction of sp³-hybridized carbons (Fsp3) is 0.375. The van der Waals surface area contributed by atoms with Crippen LogP contribution in [-0.4, -0.2) is 28.9 Å². The van der Waals surface area contributed by atoms with E-state index in [1.807, 2.05) is 0 Å². The summed E-state index contributed by atoms with van der Waals surface area (Å²) in [5, 5.41) is 0.503. The number of esters is 1. The number of carbonyl (C=O) groups is 1. The smallest absolute Gasteiger partial charge is 0.325 e. The summed E-state index contributed by atoms with van der Waals surface area (Å²) in [6.45, 7) is -0.0979. The third kappa shape index (κ3) is 2.35. The molecule has 1 aromatic heterocycles. The highest BCUT2D eigenvalue weighted by Gasteiger charge is 2.08. The number of nitrogens with zero attached hydrogens (tertiary/aromatic N) is 2. The molecule has 0 N–H and O–H groups in total. The van der Waals surface area contributed by atoms with E-state index in [2.05, 4.69) is 9.72 Å². The van der Waals surface area contributed by atoms with Crippen molar-refractivity contribution in [2.75, 3.05) is 13.4 Å². The van der Waals surface area contributed by atoms with Gasteiger partial charge in [0, 0.05) is 12.3 Å². The van der Waals surface area contributed by atoms with Crippen LogP contribution < -0.4 is 5.56 Å². The highest BCUT2D eigenvalue weighted by molar-refractivity contribution is 7.98. The van der Waals surface area contributed by atoms with E-state index in [0.29, 0.717) is 5.16 Å². The number of aromatic nitrogens is 2. The van der Waals surface area contributed by atoms with Crippen LogP contribution in [0.2, 0.25) is 0 Å². The van der Waals surface area contributed by atoms with E-state index in [4.69, 9.17) is 0 Å². The number of thioether (sulfide) groups is 1. The summed E-state index contributed by atoms with van der Waals surface area (Å²) in [6, 6.07) is 1.31. The Morgan fingerprint density at radius 1 is 1.71 bits per heavy atom. The molecule has 14 heavy (non-hydrogen) atoms. The van der Waals surface area contributed by atoms with Crippen LogP contribution in [0.5, 0.6) is 0 Å². The quantitative estimate of drug-likeness (QED) is 0.407. The van der Waals surface area contributed by atoms with Crippen LogP contribution in [0.1, 0.15) is 0 Å². The highest BCUT2D eigenvalue weighted by atomic mass is 32.2. The van der Waals surface area contributed by atoms with Crippen molar-refractivity contribution in [3.05, 3.63) is 22.6 Å². The molecule has 0 aliphatic carbocycles. The first-order chi connectivity index (χ1) is 6.69. The molecule has 0 fully saturated rings. The molecule has 1 aromatic rings. The molecule has 6 heteroatoms. The summed E-state index contributed by atoms with van der Waals surface area (Å²) in [5.74, 6) is -0.463. The predicted molar refractivity (Wildman–Crippen MR) is 52.3 cm³/mol. The zero-order chi connectivity index (χ0) is 10.6. The Hall–Kier alpha value is -1.30. The average molecular weight is 214 g/mol. The Bertz CT molecular complexity index is 388. The maximum atomic E-state index is 11.4. The Morgan fingerprint density at radius 2 is 2.43 bits per heavy atom. The van der Waals surface area contributed by atoms with Gasteiger partial charge in [0.1, 0.15) is 6.54 Å². The molecular weight excluding hydrogens is 204 g/mol. The molecule has 76 valence electrons. The Labute approximate surface area is 85.1 Å². The average Bonchev–Trinajstić information content (AvgIpc) is 2.20. The molecule has 0 atom stereocenters. The molecule has 0 aliphatic rings. The van der Waals surface area contributed by atoms with Crippen molar-refractivity contribution in [1.82, 2.24) is 9.55 Å². The summed E-state index contributed by atoms with van der Waals surface area (Å²) in [6.07, 6.45) is 3.21. The second kappa shape index (κ2) is 4.80. The third-order valence-electron chi connectivity index (χ3n) is 1.60. The van der Waals surface area contributed by atoms with Crippen molar-refractivity contribution in [2.45, 2.75) is 11.7 Å². The van der Waals surface area contributed by atoms with Gasteiger partial charge < -0.3 is 4.74 Å². The Morgan fingerprint density at radius 3 is 3.00 bits per heavy atom. The third-order valence-corrected chi connectivity index (χ3v) is 2.29. The first-order valence-electron chi connectivity index (χ1n) is 3.85. The lowest BCUT2D eigenvalue weighted by atomic mass is 10.5. The molecule has 0 unspecified atom stereocenters. The molecule has 1 heterocycles. The molecule has 0 aromatic carbocycles. The second-order valence-electron chi connectivity index (χ2n) is 2.43. The lowest BCUT2D eigenvalue weighted by Gasteiger charge is -2.07. The second-order valence-corrected chi connectivity index (χ2v) is 3.21. The zero-order valence-electron chi connectivity index (χ0n) is 7.89. The molecule has 0 saturated carbocycles. The number of hydrogen-bond acceptors (Lipinski definition) is 5. The molecule has 0 spiro atoms. The topological polar surface area (TPSA) is 61.2 Å². The number of hydrogen-bond donors (Lipinski definition) is 0. The van der Waals surface area contributed by atoms with Crippen molar-refractivity contribution in [3.63, 3.8) is 0 Å². The van der Waals surface area contributed by atoms with Gasteiger partial charge in [-0.25, -0.2) is 4.98 Å². The van der Waals surface area contributed by atoms with Crippen LogP contribution in [0.4, 0.5) is 0 Å². The van der Waals surface area contributed by atoms with Gasteiger partial charge in [-0.2, -0.15) is 0 Å². The largest absolute Gasteiger partial charge is 0.468 e. The van der Waals surface area contributed by atoms with Crippen LogP contribution in [0, 0.1) is 0 Å². The van der Waals surface area contributed by atoms with Crippen molar-refractivity contribution in [2.24, 2.45) is 0 Å². The minimum atomic E-state index is -0.463. The summed E-state index contributed by atoms with van der Waals surface area (Å²) >= 11 is 1.31. The van der Waals surface area contributed by atoms with E-state index in [1.165, 1.54) is 35.7 Å². The van der Waals surface area contributed by atoms with E-state index in [9.17, 15) is 9.59 Å². The van der Waals surface area contributed by atoms with Gasteiger partial charge in [0.25, 0.3) is 5.56 Å². The fourth-order valence-corrected chi connectivity index (χ4v) is 1.46. The summed E-state index contributed by atoms with van der Waals surface area (Å²) < 4.78 is 5.75. The molecule has 5 nitrogen and oxygen atoms in total. The first-order valence-corrected chi connectivity index (χ1v) is 5.08. The normalized spacial score (nSPS) is 9.86. The van der Waals surface area contributed by atoms with Crippen molar-refractivity contribution in [3.8, 4) is 0 Å². The van der Waals surface area contributed by atoms with Crippen molar-refractivity contribution in [1.29, 1.82) is 0 Å². The zero-order valence-corrected chi connectivity index (χ0v) is 8.71. The van der Waals surface area contributed by atoms with Gasteiger partial charge in [0.15, 0.2) is 5.16 Å². The minimum Gasteiger partial charge on any atom is -0.468 e. The number of carbonyl (C=O) groups excluding carboxylic acids is 1. The van der Waals surface area contributed by atoms with Gasteiger partial charge >= 0.3 is 5.97 Å². The van der Waals surface area contributed by atoms with Gasteiger partial charge in [0.05, 0.1) is 7.11 Å². The molecule has 0 aliphatic heterocycles. The van der Waals surface area contributed by atoms with Gasteiger partial charge in [-0.15, -0.1) is 0 Å². The summed E-state index contributed by atoms with van der Waals surface area (Å²) in [5.41, 5.74) is -0.255. The fourth-order valence-electron chi connectivity index (χ4n) is 0.921. The van der Waals surface area contributed by atoms with Gasteiger partial charge in [-0.3, -0.25) is 14.2 Å². The first kappa shape index (κ1) is 10.8. The standard InChI is InChI=1S/C8H10N2O3S/c1-13-7(12)5-10-6(11)3-4-9-8(10)14-2/h3-4H,5H2,1-2H3. The van der Waals surface area contributed by atoms with Gasteiger partial charge in [-0.1, -0.05) is 11.8 Å². The van der Waals surface area contributed by atoms with E-state index < -0.39 is 5.97 Å². The van der Waals surface area contributed by atoms with E-state index in [-0.39, 0.29) is 12.1 Å². The number of rotatable bonds is 3. The lowest BCUT2D eigenvalue weighted by molar-refractivity contribution is -0.141. The minimum absolute atomic E-state index is 0.0979. The Kier molecular flexibility index (Phi) is 3.70. The number of methoxy groups -OCH3 is 1. The van der Waals surface area contributed by atoms with E-state index in [0.717, 1.165) is 0 Å². The molecule has 0 radical (unpaired) electrons. The molecule has 0 saturated heterocycles. The van der Waals surface area contributed by atoms with Crippen molar-refractivity contribution < 1.29 is 9.53 Å². The van der Waals surface area contributed by atoms with Gasteiger partial charge in [0.2, 0.25) is 0 Å². The maximum absolute atomic E-state index is 11.4. The SMILES string of the molecule is COC(=O)Cn1c(SC)nccc1=O. The molecule has 0 amide bonds. The van der Waals surface area contributed by atoms with Crippen LogP contribution in [0.15, 0.2) is 22.2 Å². The van der Waals surface area contributed by atoms with E-state index >= 15 is 0 Å². The predicted octanol–water partition coefficient (Wildman–Crippen LogP) is 0.138. The van der Waals surface area contributed by atoms with Crippen LogP contribution in [0.3, 0.4) is 0 Å². The van der Waals surface area contributed by atoms with Crippen LogP contribution in [-0.2, 0) is 16.1 Å². The Balaban J connectivity index is 3.05. The van der Waals surface area contributed by atoms with E-state index in [1.54, 1.807) is 6.26 Å². The molecule has 0 bridgehead atoms. The lowest BCUT2D eigenvalue weighted by Crippen LogP contribution is -2.26. The van der Waals surface area contributed by atoms with Crippen molar-refractivity contribution >= 4 is 17.7 Å². The summed E-state index contributed by atoms with van der Waals surface area (Å²) in [7, 11) is 1.28. The number of ether oxygens (including phenoxy) is 1. The molecule has 1 rings (SSSR count). The van der Waals surface area contributed by atoms with Crippen LogP contribution in [0.25, 0.3) is 0 Å².